The third kappa shape index (κ3) is 5.72. The Bertz CT molecular complexity index is 1160. The number of fused-ring (bicyclic) bond motifs is 1. The number of carboxylic acid groups (broad SMARTS) is 1. The fourth-order valence-electron chi connectivity index (χ4n) is 3.07. The van der Waals surface area contributed by atoms with Crippen LogP contribution in [0.3, 0.4) is 0 Å². The highest BCUT2D eigenvalue weighted by atomic mass is 16.4. The van der Waals surface area contributed by atoms with E-state index < -0.39 is 11.9 Å². The van der Waals surface area contributed by atoms with Gasteiger partial charge in [0, 0.05) is 24.1 Å². The van der Waals surface area contributed by atoms with Crippen molar-refractivity contribution in [2.75, 3.05) is 16.8 Å². The number of benzene rings is 1. The van der Waals surface area contributed by atoms with Gasteiger partial charge < -0.3 is 26.7 Å². The third-order valence-electron chi connectivity index (χ3n) is 4.81. The van der Waals surface area contributed by atoms with Crippen molar-refractivity contribution in [3.8, 4) is 0 Å². The fourth-order valence-corrected chi connectivity index (χ4v) is 3.07. The molecule has 0 fully saturated rings. The first-order chi connectivity index (χ1) is 15.2. The molecule has 3 rings (SSSR count). The Kier molecular flexibility index (Phi) is 6.88. The van der Waals surface area contributed by atoms with Crippen LogP contribution in [0, 0.1) is 5.92 Å². The van der Waals surface area contributed by atoms with Crippen molar-refractivity contribution < 1.29 is 19.5 Å². The number of ketones is 2. The van der Waals surface area contributed by atoms with Crippen LogP contribution >= 0.6 is 0 Å². The molecule has 1 aromatic carbocycles. The van der Waals surface area contributed by atoms with E-state index in [0.717, 1.165) is 5.69 Å². The standard InChI is InChI=1S/C21H23N7O4/c1-11(29)2-3-13(20(31)32)8-16(30)12-4-6-14(7-5-12)24-9-15-10-25-19-17(26-15)18(22)27-21(23)28-19/h4-7,10,13,24H,2-3,8-9H2,1H3,(H,31,32)(H4,22,23,25,27,28). The molecule has 1 unspecified atom stereocenters. The van der Waals surface area contributed by atoms with Crippen molar-refractivity contribution in [1.29, 1.82) is 0 Å². The molecule has 0 aliphatic rings. The lowest BCUT2D eigenvalue weighted by molar-refractivity contribution is -0.142. The van der Waals surface area contributed by atoms with Crippen molar-refractivity contribution in [1.82, 2.24) is 19.9 Å². The van der Waals surface area contributed by atoms with Crippen LogP contribution in [-0.2, 0) is 16.1 Å². The summed E-state index contributed by atoms with van der Waals surface area (Å²) in [5.41, 5.74) is 13.8. The Balaban J connectivity index is 1.62. The zero-order valence-electron chi connectivity index (χ0n) is 17.4. The van der Waals surface area contributed by atoms with E-state index in [-0.39, 0.29) is 42.6 Å². The van der Waals surface area contributed by atoms with E-state index in [9.17, 15) is 19.5 Å². The normalized spacial score (nSPS) is 11.8. The lowest BCUT2D eigenvalue weighted by Gasteiger charge is -2.11. The summed E-state index contributed by atoms with van der Waals surface area (Å²) in [5, 5.41) is 12.5. The van der Waals surface area contributed by atoms with E-state index >= 15 is 0 Å². The number of carbonyl (C=O) groups excluding carboxylic acids is 2. The minimum Gasteiger partial charge on any atom is -0.481 e. The molecule has 0 amide bonds. The second kappa shape index (κ2) is 9.77. The number of aliphatic carboxylic acids is 1. The second-order valence-corrected chi connectivity index (χ2v) is 7.33. The van der Waals surface area contributed by atoms with Crippen LogP contribution in [0.2, 0.25) is 0 Å². The third-order valence-corrected chi connectivity index (χ3v) is 4.81. The number of nitrogens with zero attached hydrogens (tertiary/aromatic N) is 4. The summed E-state index contributed by atoms with van der Waals surface area (Å²) in [4.78, 5) is 51.4. The van der Waals surface area contributed by atoms with Gasteiger partial charge in [0.2, 0.25) is 5.95 Å². The van der Waals surface area contributed by atoms with Gasteiger partial charge in [-0.1, -0.05) is 0 Å². The van der Waals surface area contributed by atoms with Gasteiger partial charge in [-0.3, -0.25) is 9.59 Å². The van der Waals surface area contributed by atoms with Gasteiger partial charge in [0.15, 0.2) is 22.8 Å². The van der Waals surface area contributed by atoms with Gasteiger partial charge in [-0.05, 0) is 37.6 Å². The molecule has 0 saturated heterocycles. The Morgan fingerprint density at radius 3 is 2.47 bits per heavy atom. The summed E-state index contributed by atoms with van der Waals surface area (Å²) in [5.74, 6) is -2.19. The number of hydrogen-bond acceptors (Lipinski definition) is 10. The van der Waals surface area contributed by atoms with Gasteiger partial charge in [0.05, 0.1) is 24.4 Å². The molecule has 32 heavy (non-hydrogen) atoms. The summed E-state index contributed by atoms with van der Waals surface area (Å²) in [7, 11) is 0. The second-order valence-electron chi connectivity index (χ2n) is 7.33. The minimum absolute atomic E-state index is 0.0262. The lowest BCUT2D eigenvalue weighted by atomic mass is 9.93. The first kappa shape index (κ1) is 22.5. The van der Waals surface area contributed by atoms with E-state index in [0.29, 0.717) is 29.0 Å². The highest BCUT2D eigenvalue weighted by molar-refractivity contribution is 5.98. The molecular formula is C21H23N7O4. The quantitative estimate of drug-likeness (QED) is 0.339. The van der Waals surface area contributed by atoms with Gasteiger partial charge in [-0.25, -0.2) is 9.97 Å². The molecule has 11 nitrogen and oxygen atoms in total. The number of aromatic nitrogens is 4. The molecule has 2 aromatic heterocycles. The number of Topliss-reactive ketones (excluding diaryl/α,β-unsaturated/α-hetero) is 2. The number of rotatable bonds is 10. The zero-order chi connectivity index (χ0) is 23.3. The monoisotopic (exact) mass is 437 g/mol. The molecular weight excluding hydrogens is 414 g/mol. The van der Waals surface area contributed by atoms with Gasteiger partial charge in [-0.2, -0.15) is 9.97 Å². The number of nitrogens with two attached hydrogens (primary N) is 2. The van der Waals surface area contributed by atoms with Crippen molar-refractivity contribution in [3.05, 3.63) is 41.7 Å². The Morgan fingerprint density at radius 1 is 1.09 bits per heavy atom. The van der Waals surface area contributed by atoms with E-state index in [4.69, 9.17) is 11.5 Å². The summed E-state index contributed by atoms with van der Waals surface area (Å²) in [6, 6.07) is 6.67. The van der Waals surface area contributed by atoms with E-state index in [1.165, 1.54) is 6.92 Å². The number of hydrogen-bond donors (Lipinski definition) is 4. The average molecular weight is 437 g/mol. The van der Waals surface area contributed by atoms with Crippen LogP contribution in [0.25, 0.3) is 11.2 Å². The zero-order valence-corrected chi connectivity index (χ0v) is 17.4. The van der Waals surface area contributed by atoms with E-state index in [2.05, 4.69) is 25.3 Å². The molecule has 1 atom stereocenters. The van der Waals surface area contributed by atoms with Gasteiger partial charge >= 0.3 is 5.97 Å². The topological polar surface area (TPSA) is 187 Å². The minimum atomic E-state index is -1.08. The van der Waals surface area contributed by atoms with Crippen LogP contribution in [0.5, 0.6) is 0 Å². The summed E-state index contributed by atoms with van der Waals surface area (Å²) in [6.45, 7) is 1.74. The predicted molar refractivity (Wildman–Crippen MR) is 118 cm³/mol. The Morgan fingerprint density at radius 2 is 1.81 bits per heavy atom. The Hall–Kier alpha value is -4.15. The number of carbonyl (C=O) groups is 3. The van der Waals surface area contributed by atoms with Crippen molar-refractivity contribution in [2.45, 2.75) is 32.7 Å². The molecule has 11 heteroatoms. The molecule has 0 bridgehead atoms. The first-order valence-corrected chi connectivity index (χ1v) is 9.87. The molecule has 0 aliphatic heterocycles. The lowest BCUT2D eigenvalue weighted by Crippen LogP contribution is -2.19. The fraction of sp³-hybridized carbons (Fsp3) is 0.286. The molecule has 0 radical (unpaired) electrons. The molecule has 0 aliphatic carbocycles. The first-order valence-electron chi connectivity index (χ1n) is 9.87. The van der Waals surface area contributed by atoms with Gasteiger partial charge in [0.1, 0.15) is 5.78 Å². The SMILES string of the molecule is CC(=O)CCC(CC(=O)c1ccc(NCc2cnc3nc(N)nc(N)c3n2)cc1)C(=O)O. The van der Waals surface area contributed by atoms with Crippen molar-refractivity contribution in [2.24, 2.45) is 5.92 Å². The van der Waals surface area contributed by atoms with Crippen LogP contribution in [0.1, 0.15) is 42.2 Å². The molecule has 3 aromatic rings. The Labute approximate surface area is 183 Å². The molecule has 2 heterocycles. The van der Waals surface area contributed by atoms with Crippen LogP contribution in [-0.4, -0.2) is 42.6 Å². The number of anilines is 3. The van der Waals surface area contributed by atoms with Crippen LogP contribution < -0.4 is 16.8 Å². The largest absolute Gasteiger partial charge is 0.481 e. The molecule has 0 spiro atoms. The van der Waals surface area contributed by atoms with Crippen molar-refractivity contribution in [3.63, 3.8) is 0 Å². The highest BCUT2D eigenvalue weighted by Crippen LogP contribution is 2.19. The summed E-state index contributed by atoms with van der Waals surface area (Å²) >= 11 is 0. The maximum Gasteiger partial charge on any atom is 0.306 e. The maximum atomic E-state index is 12.5. The number of nitrogens with one attached hydrogen (secondary N) is 1. The number of carboxylic acids is 1. The molecule has 6 N–H and O–H groups in total. The summed E-state index contributed by atoms with van der Waals surface area (Å²) < 4.78 is 0. The molecule has 166 valence electrons. The van der Waals surface area contributed by atoms with Crippen LogP contribution in [0.4, 0.5) is 17.5 Å². The number of nitrogen functional groups attached to an aromatic ring is 2. The van der Waals surface area contributed by atoms with Gasteiger partial charge in [-0.15, -0.1) is 0 Å². The summed E-state index contributed by atoms with van der Waals surface area (Å²) in [6.07, 6.45) is 1.67. The van der Waals surface area contributed by atoms with Gasteiger partial charge in [0.25, 0.3) is 0 Å². The average Bonchev–Trinajstić information content (AvgIpc) is 2.75. The predicted octanol–water partition coefficient (Wildman–Crippen LogP) is 1.84. The maximum absolute atomic E-state index is 12.5. The highest BCUT2D eigenvalue weighted by Gasteiger charge is 2.22. The van der Waals surface area contributed by atoms with E-state index in [1.54, 1.807) is 30.5 Å². The molecule has 0 saturated carbocycles. The van der Waals surface area contributed by atoms with Crippen LogP contribution in [0.15, 0.2) is 30.5 Å². The van der Waals surface area contributed by atoms with Crippen molar-refractivity contribution >= 4 is 46.2 Å². The van der Waals surface area contributed by atoms with E-state index in [1.807, 2.05) is 0 Å². The smallest absolute Gasteiger partial charge is 0.306 e.